The summed E-state index contributed by atoms with van der Waals surface area (Å²) in [6.07, 6.45) is 5.49. The molecule has 1 nitrogen and oxygen atoms in total. The van der Waals surface area contributed by atoms with Crippen LogP contribution in [-0.2, 0) is 6.42 Å². The third-order valence-electron chi connectivity index (χ3n) is 2.38. The first kappa shape index (κ1) is 12.0. The number of aryl methyl sites for hydroxylation is 1. The number of hydrogen-bond donors (Lipinski definition) is 1. The van der Waals surface area contributed by atoms with Gasteiger partial charge in [0.1, 0.15) is 0 Å². The largest absolute Gasteiger partial charge is 0.311 e. The monoisotopic (exact) mass is 203 g/mol. The van der Waals surface area contributed by atoms with Crippen molar-refractivity contribution in [2.75, 3.05) is 6.54 Å². The van der Waals surface area contributed by atoms with E-state index in [1.54, 1.807) is 0 Å². The Morgan fingerprint density at radius 1 is 1.27 bits per heavy atom. The molecule has 1 heteroatoms. The van der Waals surface area contributed by atoms with Crippen molar-refractivity contribution in [3.8, 4) is 0 Å². The average molecular weight is 203 g/mol. The van der Waals surface area contributed by atoms with Gasteiger partial charge in [-0.25, -0.2) is 0 Å². The standard InChI is InChI=1S/C14H21N/c1-4-13-8-5-6-9-14(13)10-7-11-15-12(2)3/h5-10,12,15H,4,11H2,1-3H3. The summed E-state index contributed by atoms with van der Waals surface area (Å²) in [6, 6.07) is 9.10. The molecule has 0 heterocycles. The highest BCUT2D eigenvalue weighted by Gasteiger charge is 1.94. The average Bonchev–Trinajstić information content (AvgIpc) is 2.24. The minimum absolute atomic E-state index is 0.552. The molecule has 0 fully saturated rings. The molecule has 0 aliphatic heterocycles. The van der Waals surface area contributed by atoms with Crippen LogP contribution in [-0.4, -0.2) is 12.6 Å². The summed E-state index contributed by atoms with van der Waals surface area (Å²) in [6.45, 7) is 7.45. The lowest BCUT2D eigenvalue weighted by Crippen LogP contribution is -2.22. The van der Waals surface area contributed by atoms with Crippen LogP contribution in [0.5, 0.6) is 0 Å². The molecule has 0 saturated heterocycles. The Morgan fingerprint density at radius 3 is 2.67 bits per heavy atom. The Hall–Kier alpha value is -1.08. The molecule has 1 aromatic carbocycles. The van der Waals surface area contributed by atoms with Crippen molar-refractivity contribution < 1.29 is 0 Å². The van der Waals surface area contributed by atoms with E-state index in [1.807, 2.05) is 0 Å². The normalized spacial score (nSPS) is 11.5. The van der Waals surface area contributed by atoms with Gasteiger partial charge in [0.2, 0.25) is 0 Å². The number of benzene rings is 1. The summed E-state index contributed by atoms with van der Waals surface area (Å²) in [5.41, 5.74) is 2.75. The topological polar surface area (TPSA) is 12.0 Å². The summed E-state index contributed by atoms with van der Waals surface area (Å²) in [7, 11) is 0. The summed E-state index contributed by atoms with van der Waals surface area (Å²) in [4.78, 5) is 0. The molecule has 1 rings (SSSR count). The molecule has 0 aliphatic rings. The van der Waals surface area contributed by atoms with Crippen molar-refractivity contribution in [2.24, 2.45) is 0 Å². The zero-order valence-electron chi connectivity index (χ0n) is 9.96. The van der Waals surface area contributed by atoms with E-state index >= 15 is 0 Å². The second kappa shape index (κ2) is 6.41. The van der Waals surface area contributed by atoms with Crippen LogP contribution < -0.4 is 5.32 Å². The number of hydrogen-bond acceptors (Lipinski definition) is 1. The molecule has 0 bridgehead atoms. The lowest BCUT2D eigenvalue weighted by atomic mass is 10.1. The first-order valence-electron chi connectivity index (χ1n) is 5.72. The van der Waals surface area contributed by atoms with Crippen LogP contribution in [0, 0.1) is 0 Å². The van der Waals surface area contributed by atoms with Gasteiger partial charge in [-0.2, -0.15) is 0 Å². The Labute approximate surface area is 93.2 Å². The van der Waals surface area contributed by atoms with Crippen LogP contribution in [0.4, 0.5) is 0 Å². The molecule has 0 aliphatic carbocycles. The first-order valence-corrected chi connectivity index (χ1v) is 5.72. The molecular weight excluding hydrogens is 182 g/mol. The zero-order chi connectivity index (χ0) is 11.1. The maximum Gasteiger partial charge on any atom is 0.0140 e. The van der Waals surface area contributed by atoms with Crippen LogP contribution in [0.2, 0.25) is 0 Å². The molecule has 15 heavy (non-hydrogen) atoms. The molecule has 0 amide bonds. The number of rotatable bonds is 5. The van der Waals surface area contributed by atoms with E-state index in [-0.39, 0.29) is 0 Å². The van der Waals surface area contributed by atoms with Gasteiger partial charge in [0, 0.05) is 12.6 Å². The maximum atomic E-state index is 3.37. The third-order valence-corrected chi connectivity index (χ3v) is 2.38. The van der Waals surface area contributed by atoms with Gasteiger partial charge in [-0.3, -0.25) is 0 Å². The van der Waals surface area contributed by atoms with E-state index in [0.29, 0.717) is 6.04 Å². The van der Waals surface area contributed by atoms with Crippen molar-refractivity contribution >= 4 is 6.08 Å². The van der Waals surface area contributed by atoms with Crippen LogP contribution in [0.1, 0.15) is 31.9 Å². The van der Waals surface area contributed by atoms with E-state index < -0.39 is 0 Å². The van der Waals surface area contributed by atoms with Crippen LogP contribution in [0.25, 0.3) is 6.08 Å². The Morgan fingerprint density at radius 2 is 2.00 bits per heavy atom. The lowest BCUT2D eigenvalue weighted by molar-refractivity contribution is 0.633. The van der Waals surface area contributed by atoms with Gasteiger partial charge in [0.05, 0.1) is 0 Å². The van der Waals surface area contributed by atoms with Crippen molar-refractivity contribution in [3.05, 3.63) is 41.5 Å². The molecule has 1 N–H and O–H groups in total. The van der Waals surface area contributed by atoms with E-state index in [9.17, 15) is 0 Å². The minimum atomic E-state index is 0.552. The number of nitrogens with one attached hydrogen (secondary N) is 1. The molecule has 0 aromatic heterocycles. The summed E-state index contributed by atoms with van der Waals surface area (Å²) in [5, 5.41) is 3.37. The van der Waals surface area contributed by atoms with Gasteiger partial charge in [-0.15, -0.1) is 0 Å². The molecule has 0 saturated carbocycles. The Kier molecular flexibility index (Phi) is 5.13. The Bertz CT molecular complexity index is 313. The van der Waals surface area contributed by atoms with E-state index in [2.05, 4.69) is 62.5 Å². The highest BCUT2D eigenvalue weighted by atomic mass is 14.9. The SMILES string of the molecule is CCc1ccccc1C=CCNC(C)C. The maximum absolute atomic E-state index is 3.37. The first-order chi connectivity index (χ1) is 7.24. The van der Waals surface area contributed by atoms with E-state index in [1.165, 1.54) is 11.1 Å². The zero-order valence-corrected chi connectivity index (χ0v) is 9.96. The lowest BCUT2D eigenvalue weighted by Gasteiger charge is -2.05. The van der Waals surface area contributed by atoms with Gasteiger partial charge in [-0.1, -0.05) is 57.2 Å². The van der Waals surface area contributed by atoms with Gasteiger partial charge in [0.15, 0.2) is 0 Å². The Balaban J connectivity index is 2.55. The van der Waals surface area contributed by atoms with Crippen LogP contribution in [0.3, 0.4) is 0 Å². The summed E-state index contributed by atoms with van der Waals surface area (Å²) < 4.78 is 0. The fraction of sp³-hybridized carbons (Fsp3) is 0.429. The van der Waals surface area contributed by atoms with Crippen molar-refractivity contribution in [2.45, 2.75) is 33.2 Å². The second-order valence-corrected chi connectivity index (χ2v) is 4.02. The van der Waals surface area contributed by atoms with Gasteiger partial charge in [-0.05, 0) is 17.5 Å². The van der Waals surface area contributed by atoms with E-state index in [4.69, 9.17) is 0 Å². The molecule has 0 atom stereocenters. The predicted octanol–water partition coefficient (Wildman–Crippen LogP) is 3.26. The highest BCUT2D eigenvalue weighted by molar-refractivity contribution is 5.53. The minimum Gasteiger partial charge on any atom is -0.311 e. The van der Waals surface area contributed by atoms with Gasteiger partial charge < -0.3 is 5.32 Å². The summed E-state index contributed by atoms with van der Waals surface area (Å²) >= 11 is 0. The highest BCUT2D eigenvalue weighted by Crippen LogP contribution is 2.10. The fourth-order valence-electron chi connectivity index (χ4n) is 1.51. The molecule has 0 unspecified atom stereocenters. The second-order valence-electron chi connectivity index (χ2n) is 4.02. The van der Waals surface area contributed by atoms with Crippen LogP contribution >= 0.6 is 0 Å². The van der Waals surface area contributed by atoms with Gasteiger partial charge in [0.25, 0.3) is 0 Å². The third kappa shape index (κ3) is 4.30. The fourth-order valence-corrected chi connectivity index (χ4v) is 1.51. The molecule has 1 aromatic rings. The predicted molar refractivity (Wildman–Crippen MR) is 68.0 cm³/mol. The van der Waals surface area contributed by atoms with Gasteiger partial charge >= 0.3 is 0 Å². The van der Waals surface area contributed by atoms with Crippen molar-refractivity contribution in [1.29, 1.82) is 0 Å². The quantitative estimate of drug-likeness (QED) is 0.774. The van der Waals surface area contributed by atoms with Crippen molar-refractivity contribution in [3.63, 3.8) is 0 Å². The molecule has 0 radical (unpaired) electrons. The van der Waals surface area contributed by atoms with E-state index in [0.717, 1.165) is 13.0 Å². The van der Waals surface area contributed by atoms with Crippen LogP contribution in [0.15, 0.2) is 30.3 Å². The smallest absolute Gasteiger partial charge is 0.0140 e. The molecule has 82 valence electrons. The summed E-state index contributed by atoms with van der Waals surface area (Å²) in [5.74, 6) is 0. The van der Waals surface area contributed by atoms with Crippen molar-refractivity contribution in [1.82, 2.24) is 5.32 Å². The molecular formula is C14H21N. The molecule has 0 spiro atoms.